The molecule has 2 aliphatic rings. The van der Waals surface area contributed by atoms with E-state index in [4.69, 9.17) is 0 Å². The van der Waals surface area contributed by atoms with E-state index >= 15 is 0 Å². The van der Waals surface area contributed by atoms with Crippen LogP contribution in [0.15, 0.2) is 158 Å². The fraction of sp³-hybridized carbons (Fsp3) is 0.143. The number of nitrogens with zero attached hydrogens (tertiary/aromatic N) is 1. The second kappa shape index (κ2) is 11.2. The van der Waals surface area contributed by atoms with Crippen LogP contribution in [-0.4, -0.2) is 0 Å². The van der Waals surface area contributed by atoms with Gasteiger partial charge in [0, 0.05) is 27.8 Å². The number of anilines is 3. The predicted octanol–water partition coefficient (Wildman–Crippen LogP) is 13.4. The molecule has 0 aliphatic heterocycles. The first-order valence-electron chi connectivity index (χ1n) is 17.8. The lowest BCUT2D eigenvalue weighted by Gasteiger charge is -2.31. The molecule has 0 amide bonds. The lowest BCUT2D eigenvalue weighted by molar-refractivity contribution is 0.660. The Morgan fingerprint density at radius 1 is 0.360 bits per heavy atom. The van der Waals surface area contributed by atoms with Crippen molar-refractivity contribution in [2.45, 2.75) is 45.4 Å². The molecule has 0 saturated heterocycles. The van der Waals surface area contributed by atoms with Crippen molar-refractivity contribution in [3.63, 3.8) is 0 Å². The van der Waals surface area contributed by atoms with E-state index in [1.54, 1.807) is 0 Å². The van der Waals surface area contributed by atoms with Gasteiger partial charge in [0.25, 0.3) is 0 Å². The maximum atomic E-state index is 2.50. The summed E-state index contributed by atoms with van der Waals surface area (Å²) in [6, 6.07) is 58.8. The normalized spacial score (nSPS) is 14.4. The molecule has 242 valence electrons. The summed E-state index contributed by atoms with van der Waals surface area (Å²) < 4.78 is 0. The van der Waals surface area contributed by atoms with Gasteiger partial charge in [0.2, 0.25) is 0 Å². The number of rotatable bonds is 5. The van der Waals surface area contributed by atoms with Crippen molar-refractivity contribution in [3.8, 4) is 44.5 Å². The van der Waals surface area contributed by atoms with Crippen LogP contribution in [0.3, 0.4) is 0 Å². The molecule has 0 saturated carbocycles. The summed E-state index contributed by atoms with van der Waals surface area (Å²) in [6.07, 6.45) is 0. The Morgan fingerprint density at radius 3 is 1.40 bits per heavy atom. The standard InChI is InChI=1S/C49H41N/c1-32-19-21-33(22-20-32)35-23-28-47(42(29-35)34-13-7-6-8-14-34)50(36-24-26-40-38-15-9-11-17-43(38)48(2,3)45(40)30-36)37-25-27-41-39-16-10-12-18-44(39)49(4,5)46(41)31-37/h6-31H,1-5H3. The summed E-state index contributed by atoms with van der Waals surface area (Å²) in [5, 5.41) is 0. The third kappa shape index (κ3) is 4.61. The molecule has 50 heavy (non-hydrogen) atoms. The first-order valence-corrected chi connectivity index (χ1v) is 17.8. The summed E-state index contributed by atoms with van der Waals surface area (Å²) in [5.41, 5.74) is 20.3. The maximum absolute atomic E-state index is 2.50. The largest absolute Gasteiger partial charge is 0.310 e. The number of aryl methyl sites for hydroxylation is 1. The second-order valence-electron chi connectivity index (χ2n) is 15.1. The Labute approximate surface area is 296 Å². The molecule has 0 unspecified atom stereocenters. The van der Waals surface area contributed by atoms with E-state index in [2.05, 4.69) is 197 Å². The molecular formula is C49H41N. The lowest BCUT2D eigenvalue weighted by Crippen LogP contribution is -2.18. The van der Waals surface area contributed by atoms with Crippen LogP contribution in [0.4, 0.5) is 17.1 Å². The molecule has 0 radical (unpaired) electrons. The average Bonchev–Trinajstić information content (AvgIpc) is 3.52. The van der Waals surface area contributed by atoms with Crippen LogP contribution in [-0.2, 0) is 10.8 Å². The van der Waals surface area contributed by atoms with Crippen molar-refractivity contribution in [3.05, 3.63) is 186 Å². The van der Waals surface area contributed by atoms with Crippen molar-refractivity contribution in [1.82, 2.24) is 0 Å². The molecule has 0 N–H and O–H groups in total. The van der Waals surface area contributed by atoms with Gasteiger partial charge in [0.15, 0.2) is 0 Å². The molecular weight excluding hydrogens is 603 g/mol. The Kier molecular flexibility index (Phi) is 6.80. The number of hydrogen-bond donors (Lipinski definition) is 0. The van der Waals surface area contributed by atoms with Gasteiger partial charge in [-0.05, 0) is 105 Å². The first-order chi connectivity index (χ1) is 24.2. The van der Waals surface area contributed by atoms with Crippen molar-refractivity contribution in [2.24, 2.45) is 0 Å². The summed E-state index contributed by atoms with van der Waals surface area (Å²) in [7, 11) is 0. The molecule has 0 aromatic heterocycles. The molecule has 9 rings (SSSR count). The van der Waals surface area contributed by atoms with Crippen molar-refractivity contribution < 1.29 is 0 Å². The highest BCUT2D eigenvalue weighted by molar-refractivity contribution is 5.93. The summed E-state index contributed by atoms with van der Waals surface area (Å²) in [4.78, 5) is 2.50. The first kappa shape index (κ1) is 30.4. The number of hydrogen-bond acceptors (Lipinski definition) is 1. The summed E-state index contributed by atoms with van der Waals surface area (Å²) >= 11 is 0. The molecule has 0 bridgehead atoms. The topological polar surface area (TPSA) is 3.24 Å². The van der Waals surface area contributed by atoms with Crippen molar-refractivity contribution in [1.29, 1.82) is 0 Å². The van der Waals surface area contributed by atoms with E-state index in [-0.39, 0.29) is 10.8 Å². The molecule has 2 aliphatic carbocycles. The van der Waals surface area contributed by atoms with Gasteiger partial charge in [-0.2, -0.15) is 0 Å². The third-order valence-electron chi connectivity index (χ3n) is 11.4. The predicted molar refractivity (Wildman–Crippen MR) is 212 cm³/mol. The highest BCUT2D eigenvalue weighted by Gasteiger charge is 2.38. The minimum absolute atomic E-state index is 0.104. The molecule has 1 nitrogen and oxygen atoms in total. The molecule has 7 aromatic rings. The van der Waals surface area contributed by atoms with Gasteiger partial charge in [-0.25, -0.2) is 0 Å². The van der Waals surface area contributed by atoms with Crippen LogP contribution in [0.25, 0.3) is 44.5 Å². The van der Waals surface area contributed by atoms with Gasteiger partial charge in [-0.15, -0.1) is 0 Å². The van der Waals surface area contributed by atoms with Crippen LogP contribution in [0, 0.1) is 6.92 Å². The van der Waals surface area contributed by atoms with Gasteiger partial charge in [-0.3, -0.25) is 0 Å². The van der Waals surface area contributed by atoms with E-state index < -0.39 is 0 Å². The Hall–Kier alpha value is -5.66. The molecule has 1 heteroatoms. The van der Waals surface area contributed by atoms with E-state index in [0.29, 0.717) is 0 Å². The zero-order chi connectivity index (χ0) is 34.2. The van der Waals surface area contributed by atoms with Crippen molar-refractivity contribution in [2.75, 3.05) is 4.90 Å². The van der Waals surface area contributed by atoms with Crippen LogP contribution in [0.2, 0.25) is 0 Å². The van der Waals surface area contributed by atoms with E-state index in [1.165, 1.54) is 72.3 Å². The summed E-state index contributed by atoms with van der Waals surface area (Å²) in [5.74, 6) is 0. The highest BCUT2D eigenvalue weighted by atomic mass is 15.1. The minimum Gasteiger partial charge on any atom is -0.310 e. The Balaban J connectivity index is 1.29. The van der Waals surface area contributed by atoms with Crippen LogP contribution >= 0.6 is 0 Å². The van der Waals surface area contributed by atoms with Crippen LogP contribution < -0.4 is 4.90 Å². The van der Waals surface area contributed by atoms with E-state index in [0.717, 1.165) is 17.1 Å². The number of fused-ring (bicyclic) bond motifs is 6. The van der Waals surface area contributed by atoms with Gasteiger partial charge >= 0.3 is 0 Å². The van der Waals surface area contributed by atoms with Gasteiger partial charge in [0.05, 0.1) is 5.69 Å². The Bertz CT molecular complexity index is 2320. The minimum atomic E-state index is -0.104. The van der Waals surface area contributed by atoms with E-state index in [9.17, 15) is 0 Å². The fourth-order valence-electron chi connectivity index (χ4n) is 8.60. The second-order valence-corrected chi connectivity index (χ2v) is 15.1. The highest BCUT2D eigenvalue weighted by Crippen LogP contribution is 2.54. The molecule has 0 fully saturated rings. The van der Waals surface area contributed by atoms with Crippen molar-refractivity contribution >= 4 is 17.1 Å². The summed E-state index contributed by atoms with van der Waals surface area (Å²) in [6.45, 7) is 11.6. The van der Waals surface area contributed by atoms with E-state index in [1.807, 2.05) is 0 Å². The SMILES string of the molecule is Cc1ccc(-c2ccc(N(c3ccc4c(c3)C(C)(C)c3ccccc3-4)c3ccc4c(c3)C(C)(C)c3ccccc3-4)c(-c3ccccc3)c2)cc1. The lowest BCUT2D eigenvalue weighted by atomic mass is 9.82. The smallest absolute Gasteiger partial charge is 0.0540 e. The molecule has 0 heterocycles. The fourth-order valence-corrected chi connectivity index (χ4v) is 8.60. The average molecular weight is 644 g/mol. The van der Waals surface area contributed by atoms with Crippen LogP contribution in [0.1, 0.15) is 55.5 Å². The number of benzene rings is 7. The molecule has 0 spiro atoms. The van der Waals surface area contributed by atoms with Gasteiger partial charge < -0.3 is 4.90 Å². The molecule has 7 aromatic carbocycles. The van der Waals surface area contributed by atoms with Gasteiger partial charge in [-0.1, -0.05) is 155 Å². The molecule has 0 atom stereocenters. The monoisotopic (exact) mass is 643 g/mol. The zero-order valence-corrected chi connectivity index (χ0v) is 29.5. The van der Waals surface area contributed by atoms with Gasteiger partial charge in [0.1, 0.15) is 0 Å². The zero-order valence-electron chi connectivity index (χ0n) is 29.5. The quantitative estimate of drug-likeness (QED) is 0.180. The Morgan fingerprint density at radius 2 is 0.840 bits per heavy atom. The van der Waals surface area contributed by atoms with Crippen LogP contribution in [0.5, 0.6) is 0 Å². The third-order valence-corrected chi connectivity index (χ3v) is 11.4. The maximum Gasteiger partial charge on any atom is 0.0540 e.